The van der Waals surface area contributed by atoms with Crippen LogP contribution in [0, 0.1) is 5.92 Å². The lowest BCUT2D eigenvalue weighted by Gasteiger charge is -2.24. The Bertz CT molecular complexity index is 900. The molecule has 8 heteroatoms. The van der Waals surface area contributed by atoms with Gasteiger partial charge in [0.25, 0.3) is 5.91 Å². The number of hydrogen-bond donors (Lipinski definition) is 2. The lowest BCUT2D eigenvalue weighted by Crippen LogP contribution is -2.37. The summed E-state index contributed by atoms with van der Waals surface area (Å²) < 4.78 is 44.5. The number of allylic oxidation sites excluding steroid dienone is 1. The van der Waals surface area contributed by atoms with Gasteiger partial charge in [-0.15, -0.1) is 13.2 Å². The highest BCUT2D eigenvalue weighted by atomic mass is 79.9. The molecule has 35 heavy (non-hydrogen) atoms. The average Bonchev–Trinajstić information content (AvgIpc) is 3.09. The first kappa shape index (κ1) is 27.6. The summed E-state index contributed by atoms with van der Waals surface area (Å²) in [6.45, 7) is 2.40. The molecule has 0 spiro atoms. The van der Waals surface area contributed by atoms with Gasteiger partial charge < -0.3 is 15.4 Å². The molecule has 0 radical (unpaired) electrons. The molecule has 4 nitrogen and oxygen atoms in total. The molecule has 0 aromatic heterocycles. The van der Waals surface area contributed by atoms with Crippen LogP contribution in [0.5, 0.6) is 5.75 Å². The van der Waals surface area contributed by atoms with Crippen LogP contribution in [0.2, 0.25) is 0 Å². The number of nitrogens with one attached hydrogen (secondary N) is 2. The maximum absolute atomic E-state index is 13.2. The summed E-state index contributed by atoms with van der Waals surface area (Å²) in [5.41, 5.74) is 1.12. The molecule has 0 saturated heterocycles. The Kier molecular flexibility index (Phi) is 10.6. The highest BCUT2D eigenvalue weighted by Crippen LogP contribution is 2.33. The van der Waals surface area contributed by atoms with Gasteiger partial charge >= 0.3 is 6.36 Å². The maximum atomic E-state index is 13.2. The quantitative estimate of drug-likeness (QED) is 0.196. The number of carbonyl (C=O) groups is 1. The summed E-state index contributed by atoms with van der Waals surface area (Å²) in [5.74, 6) is -0.0740. The van der Waals surface area contributed by atoms with E-state index in [2.05, 4.69) is 31.3 Å². The SMILES string of the molecule is C/C=C(/C=C(\NCC1CCCCCC1)c1cc(Br)ccc1OC(F)(F)F)C(=O)NC1CCCCC1. The van der Waals surface area contributed by atoms with Gasteiger partial charge in [0.1, 0.15) is 5.75 Å². The minimum absolute atomic E-state index is 0.136. The van der Waals surface area contributed by atoms with Crippen molar-refractivity contribution in [2.45, 2.75) is 90.0 Å². The molecule has 2 aliphatic rings. The molecule has 2 N–H and O–H groups in total. The number of alkyl halides is 3. The van der Waals surface area contributed by atoms with Gasteiger partial charge in [-0.05, 0) is 62.8 Å². The van der Waals surface area contributed by atoms with E-state index in [4.69, 9.17) is 0 Å². The van der Waals surface area contributed by atoms with E-state index in [1.807, 2.05) is 0 Å². The summed E-state index contributed by atoms with van der Waals surface area (Å²) >= 11 is 3.37. The van der Waals surface area contributed by atoms with Crippen molar-refractivity contribution in [2.24, 2.45) is 5.92 Å². The molecule has 0 unspecified atom stereocenters. The maximum Gasteiger partial charge on any atom is 0.573 e. The van der Waals surface area contributed by atoms with E-state index in [0.29, 0.717) is 28.2 Å². The number of halogens is 4. The number of amides is 1. The lowest BCUT2D eigenvalue weighted by molar-refractivity contribution is -0.274. The van der Waals surface area contributed by atoms with Crippen molar-refractivity contribution >= 4 is 27.5 Å². The van der Waals surface area contributed by atoms with Gasteiger partial charge in [-0.3, -0.25) is 4.79 Å². The zero-order chi connectivity index (χ0) is 25.3. The van der Waals surface area contributed by atoms with Crippen LogP contribution in [-0.4, -0.2) is 24.9 Å². The number of hydrogen-bond acceptors (Lipinski definition) is 3. The van der Waals surface area contributed by atoms with E-state index in [1.165, 1.54) is 31.4 Å². The third-order valence-electron chi connectivity index (χ3n) is 6.83. The van der Waals surface area contributed by atoms with Crippen molar-refractivity contribution in [2.75, 3.05) is 6.54 Å². The van der Waals surface area contributed by atoms with Crippen molar-refractivity contribution in [3.8, 4) is 5.75 Å². The van der Waals surface area contributed by atoms with Crippen LogP contribution in [-0.2, 0) is 4.79 Å². The summed E-state index contributed by atoms with van der Waals surface area (Å²) in [6, 6.07) is 4.54. The minimum atomic E-state index is -4.82. The minimum Gasteiger partial charge on any atom is -0.405 e. The van der Waals surface area contributed by atoms with E-state index in [1.54, 1.807) is 25.1 Å². The fraction of sp³-hybridized carbons (Fsp3) is 0.593. The second-order valence-electron chi connectivity index (χ2n) is 9.54. The molecule has 0 aliphatic heterocycles. The average molecular weight is 557 g/mol. The Morgan fingerprint density at radius 1 is 1.06 bits per heavy atom. The third kappa shape index (κ3) is 9.21. The number of rotatable bonds is 8. The van der Waals surface area contributed by atoms with Crippen molar-refractivity contribution in [1.29, 1.82) is 0 Å². The van der Waals surface area contributed by atoms with E-state index >= 15 is 0 Å². The predicted molar refractivity (Wildman–Crippen MR) is 137 cm³/mol. The molecule has 1 amide bonds. The summed E-state index contributed by atoms with van der Waals surface area (Å²) in [6.07, 6.45) is 10.7. The lowest BCUT2D eigenvalue weighted by atomic mass is 9.95. The van der Waals surface area contributed by atoms with Crippen LogP contribution < -0.4 is 15.4 Å². The van der Waals surface area contributed by atoms with Gasteiger partial charge in [0.15, 0.2) is 0 Å². The predicted octanol–water partition coefficient (Wildman–Crippen LogP) is 7.64. The molecule has 0 atom stereocenters. The highest BCUT2D eigenvalue weighted by Gasteiger charge is 2.32. The molecule has 2 saturated carbocycles. The fourth-order valence-corrected chi connectivity index (χ4v) is 5.28. The van der Waals surface area contributed by atoms with Crippen LogP contribution in [0.1, 0.15) is 83.1 Å². The van der Waals surface area contributed by atoms with E-state index < -0.39 is 6.36 Å². The van der Waals surface area contributed by atoms with Crippen LogP contribution >= 0.6 is 15.9 Å². The summed E-state index contributed by atoms with van der Waals surface area (Å²) in [5, 5.41) is 6.49. The number of carbonyl (C=O) groups excluding carboxylic acids is 1. The first-order valence-electron chi connectivity index (χ1n) is 12.7. The summed E-state index contributed by atoms with van der Waals surface area (Å²) in [7, 11) is 0. The second kappa shape index (κ2) is 13.4. The Morgan fingerprint density at radius 2 is 1.69 bits per heavy atom. The van der Waals surface area contributed by atoms with E-state index in [9.17, 15) is 18.0 Å². The molecule has 2 fully saturated rings. The largest absolute Gasteiger partial charge is 0.573 e. The molecular formula is C27H36BrF3N2O2. The molecule has 194 valence electrons. The molecule has 3 rings (SSSR count). The normalized spacial score (nSPS) is 19.2. The number of benzene rings is 1. The Labute approximate surface area is 214 Å². The van der Waals surface area contributed by atoms with Gasteiger partial charge in [-0.2, -0.15) is 0 Å². The smallest absolute Gasteiger partial charge is 0.405 e. The van der Waals surface area contributed by atoms with Crippen LogP contribution in [0.3, 0.4) is 0 Å². The summed E-state index contributed by atoms with van der Waals surface area (Å²) in [4.78, 5) is 13.1. The van der Waals surface area contributed by atoms with Gasteiger partial charge in [-0.25, -0.2) is 0 Å². The van der Waals surface area contributed by atoms with Crippen molar-refractivity contribution in [3.63, 3.8) is 0 Å². The van der Waals surface area contributed by atoms with Crippen LogP contribution in [0.25, 0.3) is 5.70 Å². The topological polar surface area (TPSA) is 50.4 Å². The Morgan fingerprint density at radius 3 is 2.31 bits per heavy atom. The van der Waals surface area contributed by atoms with Crippen molar-refractivity contribution in [3.05, 3.63) is 46.0 Å². The first-order valence-corrected chi connectivity index (χ1v) is 13.5. The zero-order valence-electron chi connectivity index (χ0n) is 20.4. The van der Waals surface area contributed by atoms with Crippen LogP contribution in [0.15, 0.2) is 40.4 Å². The zero-order valence-corrected chi connectivity index (χ0v) is 21.9. The monoisotopic (exact) mass is 556 g/mol. The molecule has 1 aromatic rings. The van der Waals surface area contributed by atoms with Crippen molar-refractivity contribution < 1.29 is 22.7 Å². The van der Waals surface area contributed by atoms with Gasteiger partial charge in [0.2, 0.25) is 0 Å². The van der Waals surface area contributed by atoms with Gasteiger partial charge in [0, 0.05) is 33.9 Å². The first-order chi connectivity index (χ1) is 16.7. The van der Waals surface area contributed by atoms with E-state index in [-0.39, 0.29) is 23.3 Å². The molecule has 1 aromatic carbocycles. The standard InChI is InChI=1S/C27H36BrF3N2O2/c1-2-20(26(34)33-22-12-8-5-9-13-22)16-24(32-18-19-10-6-3-4-7-11-19)23-17-21(28)14-15-25(23)35-27(29,30)31/h2,14-17,19,22,32H,3-13,18H2,1H3,(H,33,34)/b20-2-,24-16-. The Balaban J connectivity index is 1.90. The molecular weight excluding hydrogens is 521 g/mol. The Hall–Kier alpha value is -1.96. The van der Waals surface area contributed by atoms with E-state index in [0.717, 1.165) is 51.4 Å². The van der Waals surface area contributed by atoms with Crippen LogP contribution in [0.4, 0.5) is 13.2 Å². The van der Waals surface area contributed by atoms with Crippen molar-refractivity contribution in [1.82, 2.24) is 10.6 Å². The van der Waals surface area contributed by atoms with Gasteiger partial charge in [0.05, 0.1) is 0 Å². The van der Waals surface area contributed by atoms with Gasteiger partial charge in [-0.1, -0.05) is 67.0 Å². The fourth-order valence-electron chi connectivity index (χ4n) is 4.92. The third-order valence-corrected chi connectivity index (χ3v) is 7.32. The molecule has 0 heterocycles. The molecule has 2 aliphatic carbocycles. The second-order valence-corrected chi connectivity index (χ2v) is 10.5. The molecule has 0 bridgehead atoms. The highest BCUT2D eigenvalue weighted by molar-refractivity contribution is 9.10. The number of ether oxygens (including phenoxy) is 1.